The average molecular weight is 513 g/mol. The molecule has 1 unspecified atom stereocenters. The minimum Gasteiger partial charge on any atom is -0.493 e. The summed E-state index contributed by atoms with van der Waals surface area (Å²) in [6.45, 7) is -0.425. The second-order valence-electron chi connectivity index (χ2n) is 7.39. The van der Waals surface area contributed by atoms with E-state index >= 15 is 0 Å². The van der Waals surface area contributed by atoms with E-state index in [1.807, 2.05) is 0 Å². The molecule has 1 aromatic carbocycles. The van der Waals surface area contributed by atoms with Crippen molar-refractivity contribution < 1.29 is 48.0 Å². The number of H-pyrrole nitrogens is 1. The van der Waals surface area contributed by atoms with Gasteiger partial charge in [-0.15, -0.1) is 0 Å². The number of anilines is 1. The summed E-state index contributed by atoms with van der Waals surface area (Å²) in [5.41, 5.74) is 1.75. The Balaban J connectivity index is 1.55. The summed E-state index contributed by atoms with van der Waals surface area (Å²) in [7, 11) is -1.98. The average Bonchev–Trinajstić information content (AvgIpc) is 3.41. The van der Waals surface area contributed by atoms with E-state index < -0.39 is 39.0 Å². The van der Waals surface area contributed by atoms with Gasteiger partial charge in [0.2, 0.25) is 12.0 Å². The van der Waals surface area contributed by atoms with Gasteiger partial charge in [-0.05, 0) is 12.1 Å². The van der Waals surface area contributed by atoms with Gasteiger partial charge in [-0.3, -0.25) is 4.52 Å². The quantitative estimate of drug-likeness (QED) is 0.196. The van der Waals surface area contributed by atoms with Crippen LogP contribution in [-0.4, -0.2) is 85.4 Å². The van der Waals surface area contributed by atoms with Gasteiger partial charge < -0.3 is 49.2 Å². The highest BCUT2D eigenvalue weighted by Gasteiger charge is 2.45. The van der Waals surface area contributed by atoms with Crippen molar-refractivity contribution >= 4 is 24.8 Å². The monoisotopic (exact) mass is 513 g/mol. The number of imidazole rings is 1. The number of nitrogens with one attached hydrogen (secondary N) is 2. The Bertz CT molecular complexity index is 1220. The number of methoxy groups -OCH3 is 2. The van der Waals surface area contributed by atoms with Gasteiger partial charge in [-0.2, -0.15) is 0 Å². The minimum absolute atomic E-state index is 0.0801. The zero-order valence-electron chi connectivity index (χ0n) is 18.6. The third-order valence-corrected chi connectivity index (χ3v) is 5.70. The second kappa shape index (κ2) is 10.3. The summed E-state index contributed by atoms with van der Waals surface area (Å²) in [4.78, 5) is 33.1. The van der Waals surface area contributed by atoms with Gasteiger partial charge in [0.1, 0.15) is 30.2 Å². The minimum atomic E-state index is -4.80. The maximum atomic E-state index is 11.0. The van der Waals surface area contributed by atoms with E-state index in [1.54, 1.807) is 12.1 Å². The lowest BCUT2D eigenvalue weighted by atomic mass is 10.1. The molecule has 4 atom stereocenters. The molecule has 35 heavy (non-hydrogen) atoms. The highest BCUT2D eigenvalue weighted by molar-refractivity contribution is 7.46. The zero-order valence-corrected chi connectivity index (χ0v) is 19.5. The lowest BCUT2D eigenvalue weighted by Crippen LogP contribution is -2.36. The first-order valence-electron chi connectivity index (χ1n) is 10.2. The number of hydrogen-bond donors (Lipinski definition) is 6. The molecule has 0 saturated carbocycles. The first-order valence-corrected chi connectivity index (χ1v) is 11.7. The van der Waals surface area contributed by atoms with E-state index in [2.05, 4.69) is 29.8 Å². The number of phosphoric acid groups is 1. The standard InChI is InChI=1S/C19H24N5O10P/c1-30-10-4-3-9(5-20-17-12-18(22-7-21-12)24-8-23-17)15(31-2)16(10)34-19-14(26)13(25)11(33-19)6-32-35(27,28)29/h3-4,7-8,11,13-14,19,25-26H,5-6H2,1-2H3,(H2,27,28,29)(H2,20,21,22,23,24)/t11-,13-,14-,19?/m1/s1. The van der Waals surface area contributed by atoms with Gasteiger partial charge in [-0.1, -0.05) is 0 Å². The van der Waals surface area contributed by atoms with Gasteiger partial charge in [0, 0.05) is 12.1 Å². The van der Waals surface area contributed by atoms with Crippen molar-refractivity contribution in [1.82, 2.24) is 19.9 Å². The van der Waals surface area contributed by atoms with Crippen molar-refractivity contribution in [3.05, 3.63) is 30.4 Å². The Morgan fingerprint density at radius 3 is 2.63 bits per heavy atom. The molecule has 0 radical (unpaired) electrons. The van der Waals surface area contributed by atoms with Crippen LogP contribution in [0.4, 0.5) is 5.82 Å². The van der Waals surface area contributed by atoms with Crippen LogP contribution in [0.25, 0.3) is 11.2 Å². The highest BCUT2D eigenvalue weighted by atomic mass is 31.2. The van der Waals surface area contributed by atoms with Crippen LogP contribution >= 0.6 is 7.82 Å². The first-order chi connectivity index (χ1) is 16.7. The van der Waals surface area contributed by atoms with Crippen molar-refractivity contribution in [3.8, 4) is 17.2 Å². The van der Waals surface area contributed by atoms with E-state index in [0.717, 1.165) is 0 Å². The van der Waals surface area contributed by atoms with Gasteiger partial charge in [0.25, 0.3) is 0 Å². The highest BCUT2D eigenvalue weighted by Crippen LogP contribution is 2.43. The lowest BCUT2D eigenvalue weighted by molar-refractivity contribution is -0.117. The molecular formula is C19H24N5O10P. The fraction of sp³-hybridized carbons (Fsp3) is 0.421. The number of aliphatic hydroxyl groups excluding tert-OH is 2. The summed E-state index contributed by atoms with van der Waals surface area (Å²) in [5, 5.41) is 23.8. The van der Waals surface area contributed by atoms with Crippen molar-refractivity contribution in [1.29, 1.82) is 0 Å². The number of nitrogens with zero attached hydrogens (tertiary/aromatic N) is 3. The fourth-order valence-electron chi connectivity index (χ4n) is 3.53. The molecule has 15 nitrogen and oxygen atoms in total. The van der Waals surface area contributed by atoms with Crippen LogP contribution in [-0.2, 0) is 20.4 Å². The first kappa shape index (κ1) is 25.1. The van der Waals surface area contributed by atoms with Crippen molar-refractivity contribution in [2.45, 2.75) is 31.1 Å². The molecule has 1 saturated heterocycles. The molecule has 4 rings (SSSR count). The van der Waals surface area contributed by atoms with Crippen molar-refractivity contribution in [2.75, 3.05) is 26.1 Å². The number of fused-ring (bicyclic) bond motifs is 1. The summed E-state index contributed by atoms with van der Waals surface area (Å²) in [6, 6.07) is 3.35. The molecule has 1 aliphatic rings. The Morgan fingerprint density at radius 1 is 1.11 bits per heavy atom. The van der Waals surface area contributed by atoms with Gasteiger partial charge >= 0.3 is 7.82 Å². The van der Waals surface area contributed by atoms with E-state index in [1.165, 1.54) is 26.9 Å². The molecule has 0 spiro atoms. The predicted molar refractivity (Wildman–Crippen MR) is 118 cm³/mol. The molecular weight excluding hydrogens is 489 g/mol. The Hall–Kier alpha value is -3.04. The third kappa shape index (κ3) is 5.46. The summed E-state index contributed by atoms with van der Waals surface area (Å²) in [5.74, 6) is 1.10. The zero-order chi connectivity index (χ0) is 25.2. The number of aliphatic hydroxyl groups is 2. The molecule has 0 bridgehead atoms. The summed E-state index contributed by atoms with van der Waals surface area (Å²) < 4.78 is 37.5. The van der Waals surface area contributed by atoms with Crippen LogP contribution in [0.1, 0.15) is 5.56 Å². The van der Waals surface area contributed by atoms with Gasteiger partial charge in [-0.25, -0.2) is 19.5 Å². The van der Waals surface area contributed by atoms with Crippen LogP contribution in [0.3, 0.4) is 0 Å². The van der Waals surface area contributed by atoms with E-state index in [0.29, 0.717) is 22.5 Å². The summed E-state index contributed by atoms with van der Waals surface area (Å²) >= 11 is 0. The van der Waals surface area contributed by atoms with Gasteiger partial charge in [0.05, 0.1) is 27.2 Å². The molecule has 1 aliphatic heterocycles. The normalized spacial score (nSPS) is 22.3. The van der Waals surface area contributed by atoms with Crippen LogP contribution < -0.4 is 19.5 Å². The number of benzene rings is 1. The molecule has 0 amide bonds. The van der Waals surface area contributed by atoms with Crippen LogP contribution in [0.5, 0.6) is 17.2 Å². The largest absolute Gasteiger partial charge is 0.493 e. The molecule has 3 aromatic rings. The SMILES string of the molecule is COc1ccc(CNc2ncnc3nc[nH]c23)c(OC)c1OC1O[C@H](COP(=O)(O)O)[C@@H](O)[C@H]1O. The Labute approximate surface area is 198 Å². The van der Waals surface area contributed by atoms with Gasteiger partial charge in [0.15, 0.2) is 23.0 Å². The van der Waals surface area contributed by atoms with E-state index in [9.17, 15) is 14.8 Å². The molecule has 16 heteroatoms. The number of rotatable bonds is 10. The number of hydrogen-bond acceptors (Lipinski definition) is 12. The maximum absolute atomic E-state index is 11.0. The Morgan fingerprint density at radius 2 is 1.91 bits per heavy atom. The fourth-order valence-corrected chi connectivity index (χ4v) is 3.88. The number of ether oxygens (including phenoxy) is 4. The smallest absolute Gasteiger partial charge is 0.469 e. The molecule has 1 fully saturated rings. The van der Waals surface area contributed by atoms with Crippen LogP contribution in [0.15, 0.2) is 24.8 Å². The molecule has 6 N–H and O–H groups in total. The number of aromatic nitrogens is 4. The molecule has 0 aliphatic carbocycles. The number of aromatic amines is 1. The van der Waals surface area contributed by atoms with Crippen LogP contribution in [0.2, 0.25) is 0 Å². The summed E-state index contributed by atoms with van der Waals surface area (Å²) in [6.07, 6.45) is -2.85. The molecule has 2 aromatic heterocycles. The third-order valence-electron chi connectivity index (χ3n) is 5.21. The van der Waals surface area contributed by atoms with Crippen molar-refractivity contribution in [2.24, 2.45) is 0 Å². The Kier molecular flexibility index (Phi) is 7.37. The predicted octanol–water partition coefficient (Wildman–Crippen LogP) is -0.0830. The maximum Gasteiger partial charge on any atom is 0.469 e. The second-order valence-corrected chi connectivity index (χ2v) is 8.63. The molecule has 190 valence electrons. The van der Waals surface area contributed by atoms with Crippen molar-refractivity contribution in [3.63, 3.8) is 0 Å². The number of phosphoric ester groups is 1. The van der Waals surface area contributed by atoms with Crippen LogP contribution in [0, 0.1) is 0 Å². The lowest BCUT2D eigenvalue weighted by Gasteiger charge is -2.22. The topological polar surface area (TPSA) is 211 Å². The molecule has 3 heterocycles. The van der Waals surface area contributed by atoms with E-state index in [-0.39, 0.29) is 23.8 Å². The van der Waals surface area contributed by atoms with E-state index in [4.69, 9.17) is 28.7 Å².